The number of hydrogen-bond donors (Lipinski definition) is 0. The molecule has 3 aromatic rings. The second kappa shape index (κ2) is 8.43. The maximum absolute atomic E-state index is 13.2. The van der Waals surface area contributed by atoms with Crippen molar-refractivity contribution in [3.8, 4) is 0 Å². The Hall–Kier alpha value is -3.94. The van der Waals surface area contributed by atoms with Crippen LogP contribution in [0.2, 0.25) is 0 Å². The zero-order chi connectivity index (χ0) is 22.0. The topological polar surface area (TPSA) is 86.4 Å². The van der Waals surface area contributed by atoms with Crippen LogP contribution in [0.25, 0.3) is 6.08 Å². The van der Waals surface area contributed by atoms with Crippen LogP contribution in [0.3, 0.4) is 0 Å². The Balaban J connectivity index is 1.69. The number of benzene rings is 1. The Labute approximate surface area is 178 Å². The zero-order valence-electron chi connectivity index (χ0n) is 17.3. The Morgan fingerprint density at radius 1 is 1.03 bits per heavy atom. The highest BCUT2D eigenvalue weighted by Crippen LogP contribution is 2.24. The Morgan fingerprint density at radius 2 is 1.74 bits per heavy atom. The fourth-order valence-electron chi connectivity index (χ4n) is 3.67. The summed E-state index contributed by atoms with van der Waals surface area (Å²) in [7, 11) is 3.36. The number of carbonyl (C=O) groups is 1. The van der Waals surface area contributed by atoms with Crippen molar-refractivity contribution < 1.29 is 9.53 Å². The van der Waals surface area contributed by atoms with Gasteiger partial charge in [-0.3, -0.25) is 18.9 Å². The van der Waals surface area contributed by atoms with Gasteiger partial charge < -0.3 is 9.64 Å². The van der Waals surface area contributed by atoms with E-state index in [1.165, 1.54) is 15.2 Å². The molecule has 2 aromatic heterocycles. The molecule has 0 saturated heterocycles. The number of pyridine rings is 1. The van der Waals surface area contributed by atoms with E-state index in [1.807, 2.05) is 30.3 Å². The summed E-state index contributed by atoms with van der Waals surface area (Å²) >= 11 is 0. The average molecular weight is 418 g/mol. The summed E-state index contributed by atoms with van der Waals surface area (Å²) in [5.74, 6) is -0.0258. The molecule has 3 heterocycles. The van der Waals surface area contributed by atoms with Crippen molar-refractivity contribution in [1.82, 2.24) is 14.1 Å². The molecule has 8 heteroatoms. The fourth-order valence-corrected chi connectivity index (χ4v) is 3.67. The van der Waals surface area contributed by atoms with Gasteiger partial charge in [0.2, 0.25) is 0 Å². The molecular formula is C23H22N4O4. The molecule has 0 N–H and O–H groups in total. The number of likely N-dealkylation sites (N-methyl/N-ethyl adjacent to an activating group) is 1. The fraction of sp³-hybridized carbons (Fsp3) is 0.217. The van der Waals surface area contributed by atoms with Crippen LogP contribution < -0.4 is 16.1 Å². The third-order valence-electron chi connectivity index (χ3n) is 5.20. The molecule has 0 atom stereocenters. The van der Waals surface area contributed by atoms with Gasteiger partial charge in [-0.15, -0.1) is 0 Å². The van der Waals surface area contributed by atoms with E-state index >= 15 is 0 Å². The van der Waals surface area contributed by atoms with E-state index in [-0.39, 0.29) is 19.7 Å². The minimum absolute atomic E-state index is 0.112. The number of anilines is 1. The summed E-state index contributed by atoms with van der Waals surface area (Å²) < 4.78 is 8.04. The quantitative estimate of drug-likeness (QED) is 0.585. The number of nitrogens with zero attached hydrogens (tertiary/aromatic N) is 4. The molecule has 0 aliphatic carbocycles. The number of carbonyl (C=O) groups excluding carboxylic acids is 1. The standard InChI is InChI=1S/C23H22N4O4/c1-25-14-18(22(29)31-15-17-8-10-24-11-9-17)12-19-20(25)26(2)23(30)27(21(19)28)13-16-6-4-3-5-7-16/h3-12H,13-15H2,1-2H3. The van der Waals surface area contributed by atoms with Crippen LogP contribution in [0.15, 0.2) is 70.0 Å². The largest absolute Gasteiger partial charge is 0.457 e. The molecule has 8 nitrogen and oxygen atoms in total. The maximum atomic E-state index is 13.2. The first-order valence-electron chi connectivity index (χ1n) is 9.81. The van der Waals surface area contributed by atoms with Crippen LogP contribution in [-0.4, -0.2) is 33.7 Å². The predicted octanol–water partition coefficient (Wildman–Crippen LogP) is 1.57. The number of rotatable bonds is 5. The average Bonchev–Trinajstić information content (AvgIpc) is 2.79. The van der Waals surface area contributed by atoms with Crippen molar-refractivity contribution in [3.63, 3.8) is 0 Å². The molecule has 0 amide bonds. The summed E-state index contributed by atoms with van der Waals surface area (Å²) in [5, 5.41) is 0. The second-order valence-corrected chi connectivity index (χ2v) is 7.41. The van der Waals surface area contributed by atoms with E-state index in [4.69, 9.17) is 4.74 Å². The van der Waals surface area contributed by atoms with Gasteiger partial charge in [-0.1, -0.05) is 30.3 Å². The van der Waals surface area contributed by atoms with Crippen molar-refractivity contribution in [3.05, 3.63) is 98.0 Å². The maximum Gasteiger partial charge on any atom is 0.336 e. The van der Waals surface area contributed by atoms with E-state index in [0.29, 0.717) is 17.0 Å². The first-order chi connectivity index (χ1) is 15.0. The second-order valence-electron chi connectivity index (χ2n) is 7.41. The van der Waals surface area contributed by atoms with E-state index in [2.05, 4.69) is 4.98 Å². The number of aromatic nitrogens is 3. The van der Waals surface area contributed by atoms with Gasteiger partial charge in [0.1, 0.15) is 12.4 Å². The highest BCUT2D eigenvalue weighted by molar-refractivity contribution is 5.97. The van der Waals surface area contributed by atoms with Crippen LogP contribution in [0, 0.1) is 0 Å². The smallest absolute Gasteiger partial charge is 0.336 e. The highest BCUT2D eigenvalue weighted by Gasteiger charge is 2.27. The first-order valence-corrected chi connectivity index (χ1v) is 9.81. The van der Waals surface area contributed by atoms with Gasteiger partial charge in [-0.05, 0) is 29.3 Å². The van der Waals surface area contributed by atoms with E-state index < -0.39 is 17.2 Å². The van der Waals surface area contributed by atoms with Gasteiger partial charge in [0, 0.05) is 26.5 Å². The Kier molecular flexibility index (Phi) is 5.53. The number of esters is 1. The van der Waals surface area contributed by atoms with Crippen molar-refractivity contribution >= 4 is 17.9 Å². The van der Waals surface area contributed by atoms with Crippen LogP contribution >= 0.6 is 0 Å². The Bertz CT molecular complexity index is 1260. The molecule has 1 aromatic carbocycles. The zero-order valence-corrected chi connectivity index (χ0v) is 17.3. The third kappa shape index (κ3) is 4.05. The molecule has 0 bridgehead atoms. The molecule has 158 valence electrons. The normalized spacial score (nSPS) is 12.8. The van der Waals surface area contributed by atoms with Crippen LogP contribution in [0.4, 0.5) is 5.82 Å². The SMILES string of the molecule is CN1CC(C(=O)OCc2ccncc2)=Cc2c1n(C)c(=O)n(Cc1ccccc1)c2=O. The van der Waals surface area contributed by atoms with E-state index in [0.717, 1.165) is 11.1 Å². The van der Waals surface area contributed by atoms with Gasteiger partial charge in [-0.25, -0.2) is 9.59 Å². The van der Waals surface area contributed by atoms with E-state index in [1.54, 1.807) is 43.5 Å². The first kappa shape index (κ1) is 20.3. The van der Waals surface area contributed by atoms with Crippen LogP contribution in [-0.2, 0) is 29.7 Å². The lowest BCUT2D eigenvalue weighted by Gasteiger charge is -2.28. The lowest BCUT2D eigenvalue weighted by atomic mass is 10.1. The highest BCUT2D eigenvalue weighted by atomic mass is 16.5. The molecule has 31 heavy (non-hydrogen) atoms. The number of ether oxygens (including phenoxy) is 1. The summed E-state index contributed by atoms with van der Waals surface area (Å²) in [6, 6.07) is 12.8. The van der Waals surface area contributed by atoms with Crippen LogP contribution in [0.5, 0.6) is 0 Å². The van der Waals surface area contributed by atoms with Gasteiger partial charge in [0.15, 0.2) is 0 Å². The van der Waals surface area contributed by atoms with Crippen molar-refractivity contribution in [2.45, 2.75) is 13.2 Å². The van der Waals surface area contributed by atoms with Gasteiger partial charge >= 0.3 is 11.7 Å². The Morgan fingerprint density at radius 3 is 2.45 bits per heavy atom. The minimum Gasteiger partial charge on any atom is -0.457 e. The van der Waals surface area contributed by atoms with Gasteiger partial charge in [0.05, 0.1) is 24.2 Å². The molecule has 0 fully saturated rings. The molecule has 0 saturated carbocycles. The number of hydrogen-bond acceptors (Lipinski definition) is 6. The van der Waals surface area contributed by atoms with Crippen LogP contribution in [0.1, 0.15) is 16.7 Å². The summed E-state index contributed by atoms with van der Waals surface area (Å²) in [5.41, 5.74) is 1.46. The van der Waals surface area contributed by atoms with Crippen molar-refractivity contribution in [2.75, 3.05) is 18.5 Å². The lowest BCUT2D eigenvalue weighted by molar-refractivity contribution is -0.140. The monoisotopic (exact) mass is 418 g/mol. The van der Waals surface area contributed by atoms with Crippen molar-refractivity contribution in [1.29, 1.82) is 0 Å². The third-order valence-corrected chi connectivity index (χ3v) is 5.20. The molecule has 0 radical (unpaired) electrons. The summed E-state index contributed by atoms with van der Waals surface area (Å²) in [6.07, 6.45) is 4.79. The predicted molar refractivity (Wildman–Crippen MR) is 117 cm³/mol. The molecule has 4 rings (SSSR count). The van der Waals surface area contributed by atoms with E-state index in [9.17, 15) is 14.4 Å². The summed E-state index contributed by atoms with van der Waals surface area (Å²) in [4.78, 5) is 44.4. The van der Waals surface area contributed by atoms with Crippen molar-refractivity contribution in [2.24, 2.45) is 7.05 Å². The summed E-state index contributed by atoms with van der Waals surface area (Å²) in [6.45, 7) is 0.497. The molecule has 1 aliphatic heterocycles. The lowest BCUT2D eigenvalue weighted by Crippen LogP contribution is -2.45. The number of fused-ring (bicyclic) bond motifs is 1. The minimum atomic E-state index is -0.503. The molecule has 0 unspecified atom stereocenters. The van der Waals surface area contributed by atoms with Gasteiger partial charge in [0.25, 0.3) is 5.56 Å². The van der Waals surface area contributed by atoms with Gasteiger partial charge in [-0.2, -0.15) is 0 Å². The molecule has 1 aliphatic rings. The molecular weight excluding hydrogens is 396 g/mol. The molecule has 0 spiro atoms.